The van der Waals surface area contributed by atoms with Crippen molar-refractivity contribution in [1.29, 1.82) is 0 Å². The monoisotopic (exact) mass is 234 g/mol. The van der Waals surface area contributed by atoms with E-state index in [0.29, 0.717) is 5.56 Å². The third-order valence-electron chi connectivity index (χ3n) is 1.92. The number of halogens is 2. The van der Waals surface area contributed by atoms with Crippen LogP contribution in [0.25, 0.3) is 0 Å². The molecule has 0 spiro atoms. The third kappa shape index (κ3) is 3.84. The van der Waals surface area contributed by atoms with E-state index in [1.165, 1.54) is 6.07 Å². The van der Waals surface area contributed by atoms with Gasteiger partial charge in [-0.05, 0) is 17.7 Å². The minimum absolute atomic E-state index is 0.0742. The Morgan fingerprint density at radius 1 is 1.33 bits per heavy atom. The Morgan fingerprint density at radius 3 is 2.27 bits per heavy atom. The molecule has 0 heterocycles. The highest BCUT2D eigenvalue weighted by molar-refractivity contribution is 7.27. The molecule has 15 heavy (non-hydrogen) atoms. The maximum atomic E-state index is 12.9. The summed E-state index contributed by atoms with van der Waals surface area (Å²) in [5.74, 6) is -1.89. The predicted octanol–water partition coefficient (Wildman–Crippen LogP) is 2.59. The quantitative estimate of drug-likeness (QED) is 0.780. The van der Waals surface area contributed by atoms with E-state index in [1.54, 1.807) is 6.92 Å². The molecule has 1 nitrogen and oxygen atoms in total. The van der Waals surface area contributed by atoms with Gasteiger partial charge in [-0.25, -0.2) is 8.78 Å². The van der Waals surface area contributed by atoms with E-state index in [9.17, 15) is 8.78 Å². The normalized spacial score (nSPS) is 11.7. The topological polar surface area (TPSA) is 20.2 Å². The van der Waals surface area contributed by atoms with Crippen LogP contribution in [0.2, 0.25) is 0 Å². The Bertz CT molecular complexity index is 292. The number of hydrogen-bond donors (Lipinski definition) is 1. The van der Waals surface area contributed by atoms with Gasteiger partial charge in [0.15, 0.2) is 11.6 Å². The van der Waals surface area contributed by atoms with Crippen molar-refractivity contribution in [3.8, 4) is 0 Å². The van der Waals surface area contributed by atoms with E-state index in [2.05, 4.69) is 9.24 Å². The fourth-order valence-corrected chi connectivity index (χ4v) is 1.35. The molecule has 0 aliphatic heterocycles. The zero-order valence-electron chi connectivity index (χ0n) is 9.22. The first-order chi connectivity index (χ1) is 7.06. The van der Waals surface area contributed by atoms with Crippen LogP contribution in [0.1, 0.15) is 32.3 Å². The molecule has 4 heteroatoms. The number of benzene rings is 1. The van der Waals surface area contributed by atoms with E-state index in [4.69, 9.17) is 5.11 Å². The van der Waals surface area contributed by atoms with Crippen molar-refractivity contribution in [2.24, 2.45) is 0 Å². The molecule has 2 unspecified atom stereocenters. The summed E-state index contributed by atoms with van der Waals surface area (Å²) in [5.41, 5.74) is 0.603. The van der Waals surface area contributed by atoms with Crippen molar-refractivity contribution in [2.75, 3.05) is 6.61 Å². The number of rotatable bonds is 2. The molecular weight excluding hydrogens is 217 g/mol. The van der Waals surface area contributed by atoms with Gasteiger partial charge in [0.1, 0.15) is 0 Å². The Labute approximate surface area is 91.7 Å². The molecule has 0 aliphatic rings. The smallest absolute Gasteiger partial charge is 0.165 e. The van der Waals surface area contributed by atoms with Gasteiger partial charge in [0, 0.05) is 17.8 Å². The first-order valence-corrected chi connectivity index (χ1v) is 5.49. The van der Waals surface area contributed by atoms with Gasteiger partial charge in [0.05, 0.1) is 0 Å². The van der Waals surface area contributed by atoms with Crippen LogP contribution in [0.15, 0.2) is 12.1 Å². The molecule has 2 atom stereocenters. The lowest BCUT2D eigenvalue weighted by Crippen LogP contribution is -2.08. The molecule has 86 valence electrons. The van der Waals surface area contributed by atoms with Gasteiger partial charge in [0.2, 0.25) is 0 Å². The van der Waals surface area contributed by atoms with Crippen molar-refractivity contribution < 1.29 is 13.9 Å². The molecule has 0 saturated heterocycles. The molecule has 0 fully saturated rings. The van der Waals surface area contributed by atoms with Crippen molar-refractivity contribution in [3.63, 3.8) is 0 Å². The van der Waals surface area contributed by atoms with Crippen LogP contribution in [-0.4, -0.2) is 11.7 Å². The molecule has 1 rings (SSSR count). The minimum atomic E-state index is -0.872. The van der Waals surface area contributed by atoms with Crippen molar-refractivity contribution in [3.05, 3.63) is 29.3 Å². The standard InChI is InChI=1S/C9H11F2OP.C2H6/c1-5(4-12)6-2-7(10)9(11)8(13)3-6;1-2/h2-3,5,12H,4,13H2,1H3;1-2H3. The Kier molecular flexibility index (Phi) is 6.62. The minimum Gasteiger partial charge on any atom is -0.396 e. The molecule has 1 N–H and O–H groups in total. The van der Waals surface area contributed by atoms with Crippen LogP contribution in [0.4, 0.5) is 8.78 Å². The third-order valence-corrected chi connectivity index (χ3v) is 2.34. The van der Waals surface area contributed by atoms with Gasteiger partial charge in [-0.1, -0.05) is 20.8 Å². The van der Waals surface area contributed by atoms with Gasteiger partial charge in [-0.3, -0.25) is 0 Å². The molecule has 1 aromatic rings. The van der Waals surface area contributed by atoms with Crippen LogP contribution in [0.3, 0.4) is 0 Å². The summed E-state index contributed by atoms with van der Waals surface area (Å²) in [6.07, 6.45) is 0. The Hall–Kier alpha value is -0.530. The van der Waals surface area contributed by atoms with Crippen LogP contribution in [0.5, 0.6) is 0 Å². The average Bonchev–Trinajstić information content (AvgIpc) is 2.26. The first kappa shape index (κ1) is 14.5. The van der Waals surface area contributed by atoms with Gasteiger partial charge >= 0.3 is 0 Å². The number of aliphatic hydroxyl groups is 1. The lowest BCUT2D eigenvalue weighted by molar-refractivity contribution is 0.273. The number of aliphatic hydroxyl groups excluding tert-OH is 1. The zero-order chi connectivity index (χ0) is 12.0. The van der Waals surface area contributed by atoms with E-state index >= 15 is 0 Å². The van der Waals surface area contributed by atoms with Crippen molar-refractivity contribution in [2.45, 2.75) is 26.7 Å². The summed E-state index contributed by atoms with van der Waals surface area (Å²) in [7, 11) is 2.12. The fraction of sp³-hybridized carbons (Fsp3) is 0.455. The molecular formula is C11H17F2OP. The summed E-state index contributed by atoms with van der Waals surface area (Å²) < 4.78 is 25.7. The maximum absolute atomic E-state index is 12.9. The molecule has 0 aromatic heterocycles. The molecule has 0 aliphatic carbocycles. The van der Waals surface area contributed by atoms with Crippen molar-refractivity contribution in [1.82, 2.24) is 0 Å². The van der Waals surface area contributed by atoms with Gasteiger partial charge < -0.3 is 5.11 Å². The second kappa shape index (κ2) is 6.86. The lowest BCUT2D eigenvalue weighted by Gasteiger charge is -2.09. The van der Waals surface area contributed by atoms with Crippen LogP contribution in [-0.2, 0) is 0 Å². The Balaban J connectivity index is 0.000000921. The largest absolute Gasteiger partial charge is 0.396 e. The van der Waals surface area contributed by atoms with Gasteiger partial charge in [0.25, 0.3) is 0 Å². The maximum Gasteiger partial charge on any atom is 0.165 e. The average molecular weight is 234 g/mol. The van der Waals surface area contributed by atoms with Crippen LogP contribution in [0, 0.1) is 11.6 Å². The van der Waals surface area contributed by atoms with E-state index in [0.717, 1.165) is 6.07 Å². The van der Waals surface area contributed by atoms with Crippen molar-refractivity contribution >= 4 is 14.5 Å². The second-order valence-electron chi connectivity index (χ2n) is 2.99. The van der Waals surface area contributed by atoms with Crippen LogP contribution >= 0.6 is 9.24 Å². The summed E-state index contributed by atoms with van der Waals surface area (Å²) in [6.45, 7) is 5.67. The zero-order valence-corrected chi connectivity index (χ0v) is 10.4. The van der Waals surface area contributed by atoms with Gasteiger partial charge in [-0.15, -0.1) is 9.24 Å². The fourth-order valence-electron chi connectivity index (χ4n) is 1.02. The molecule has 0 saturated carbocycles. The summed E-state index contributed by atoms with van der Waals surface area (Å²) in [5, 5.41) is 9.01. The summed E-state index contributed by atoms with van der Waals surface area (Å²) in [4.78, 5) is 0. The predicted molar refractivity (Wildman–Crippen MR) is 62.6 cm³/mol. The van der Waals surface area contributed by atoms with E-state index in [-0.39, 0.29) is 17.8 Å². The highest BCUT2D eigenvalue weighted by Crippen LogP contribution is 2.17. The first-order valence-electron chi connectivity index (χ1n) is 4.91. The van der Waals surface area contributed by atoms with E-state index < -0.39 is 11.6 Å². The Morgan fingerprint density at radius 2 is 1.87 bits per heavy atom. The van der Waals surface area contributed by atoms with Crippen LogP contribution < -0.4 is 5.30 Å². The molecule has 0 bridgehead atoms. The summed E-state index contributed by atoms with van der Waals surface area (Å²) >= 11 is 0. The molecule has 0 radical (unpaired) electrons. The highest BCUT2D eigenvalue weighted by Gasteiger charge is 2.11. The SMILES string of the molecule is CC.CC(CO)c1cc(F)c(F)c(P)c1. The summed E-state index contributed by atoms with van der Waals surface area (Å²) in [6, 6.07) is 2.63. The molecule has 0 amide bonds. The molecule has 1 aromatic carbocycles. The van der Waals surface area contributed by atoms with Gasteiger partial charge in [-0.2, -0.15) is 0 Å². The highest BCUT2D eigenvalue weighted by atomic mass is 31.0. The second-order valence-corrected chi connectivity index (χ2v) is 3.61. The lowest BCUT2D eigenvalue weighted by atomic mass is 10.0. The van der Waals surface area contributed by atoms with E-state index in [1.807, 2.05) is 13.8 Å². The number of hydrogen-bond acceptors (Lipinski definition) is 1.